The third kappa shape index (κ3) is 4.24. The van der Waals surface area contributed by atoms with E-state index in [0.29, 0.717) is 23.0 Å². The summed E-state index contributed by atoms with van der Waals surface area (Å²) in [5, 5.41) is 3.16. The zero-order valence-corrected chi connectivity index (χ0v) is 18.4. The van der Waals surface area contributed by atoms with Gasteiger partial charge in [0.2, 0.25) is 0 Å². The first-order valence-corrected chi connectivity index (χ1v) is 11.6. The number of halogens is 1. The highest BCUT2D eigenvalue weighted by molar-refractivity contribution is 7.92. The Morgan fingerprint density at radius 3 is 2.55 bits per heavy atom. The predicted molar refractivity (Wildman–Crippen MR) is 122 cm³/mol. The lowest BCUT2D eigenvalue weighted by Crippen LogP contribution is -2.35. The van der Waals surface area contributed by atoms with E-state index in [2.05, 4.69) is 5.32 Å². The fourth-order valence-corrected chi connectivity index (χ4v) is 5.36. The van der Waals surface area contributed by atoms with E-state index >= 15 is 0 Å². The van der Waals surface area contributed by atoms with Crippen LogP contribution in [0.4, 0.5) is 11.4 Å². The third-order valence-electron chi connectivity index (χ3n) is 5.17. The molecule has 1 heterocycles. The topological polar surface area (TPSA) is 75.7 Å². The van der Waals surface area contributed by atoms with Gasteiger partial charge in [-0.05, 0) is 66.9 Å². The largest absolute Gasteiger partial charge is 0.496 e. The standard InChI is InChI=1S/C23H21ClN2O4S/c1-30-22-13-8-17(24)15-20(22)23(27)25-18-9-11-19(12-10-18)31(28,29)26-14-4-6-16-5-2-3-7-21(16)26/h2-3,5,7-13,15H,4,6,14H2,1H3,(H,25,27). The van der Waals surface area contributed by atoms with E-state index in [-0.39, 0.29) is 10.5 Å². The molecule has 1 amide bonds. The summed E-state index contributed by atoms with van der Waals surface area (Å²) in [5.41, 5.74) is 2.50. The number of nitrogens with one attached hydrogen (secondary N) is 1. The maximum atomic E-state index is 13.2. The van der Waals surface area contributed by atoms with Gasteiger partial charge in [-0.2, -0.15) is 0 Å². The molecule has 0 saturated heterocycles. The van der Waals surface area contributed by atoms with Crippen molar-refractivity contribution in [3.8, 4) is 5.75 Å². The molecular weight excluding hydrogens is 436 g/mol. The van der Waals surface area contributed by atoms with Crippen molar-refractivity contribution in [2.24, 2.45) is 0 Å². The average Bonchev–Trinajstić information content (AvgIpc) is 2.79. The van der Waals surface area contributed by atoms with E-state index < -0.39 is 15.9 Å². The minimum Gasteiger partial charge on any atom is -0.496 e. The number of carbonyl (C=O) groups is 1. The van der Waals surface area contributed by atoms with Crippen LogP contribution in [0.25, 0.3) is 0 Å². The van der Waals surface area contributed by atoms with Gasteiger partial charge in [0, 0.05) is 17.3 Å². The summed E-state index contributed by atoms with van der Waals surface area (Å²) < 4.78 is 33.1. The summed E-state index contributed by atoms with van der Waals surface area (Å²) in [4.78, 5) is 12.8. The molecule has 0 atom stereocenters. The summed E-state index contributed by atoms with van der Waals surface area (Å²) in [6.45, 7) is 0.437. The summed E-state index contributed by atoms with van der Waals surface area (Å²) in [6, 6.07) is 18.4. The van der Waals surface area contributed by atoms with Crippen LogP contribution >= 0.6 is 11.6 Å². The Kier molecular flexibility index (Phi) is 5.89. The quantitative estimate of drug-likeness (QED) is 0.601. The molecule has 0 radical (unpaired) electrons. The molecule has 0 aromatic heterocycles. The Labute approximate surface area is 186 Å². The average molecular weight is 457 g/mol. The predicted octanol–water partition coefficient (Wildman–Crippen LogP) is 4.74. The molecule has 0 bridgehead atoms. The van der Waals surface area contributed by atoms with Crippen molar-refractivity contribution in [1.29, 1.82) is 0 Å². The monoisotopic (exact) mass is 456 g/mol. The maximum Gasteiger partial charge on any atom is 0.264 e. The normalized spacial score (nSPS) is 13.4. The molecule has 1 aliphatic rings. The molecule has 31 heavy (non-hydrogen) atoms. The van der Waals surface area contributed by atoms with Crippen LogP contribution in [-0.4, -0.2) is 28.0 Å². The van der Waals surface area contributed by atoms with Gasteiger partial charge >= 0.3 is 0 Å². The molecule has 4 rings (SSSR count). The Morgan fingerprint density at radius 2 is 1.81 bits per heavy atom. The van der Waals surface area contributed by atoms with Crippen LogP contribution in [-0.2, 0) is 16.4 Å². The van der Waals surface area contributed by atoms with Gasteiger partial charge in [-0.3, -0.25) is 9.10 Å². The number of carbonyl (C=O) groups excluding carboxylic acids is 1. The van der Waals surface area contributed by atoms with E-state index in [4.69, 9.17) is 16.3 Å². The fourth-order valence-electron chi connectivity index (χ4n) is 3.64. The van der Waals surface area contributed by atoms with Crippen molar-refractivity contribution in [2.45, 2.75) is 17.7 Å². The van der Waals surface area contributed by atoms with Gasteiger partial charge in [-0.15, -0.1) is 0 Å². The second-order valence-electron chi connectivity index (χ2n) is 7.13. The number of hydrogen-bond acceptors (Lipinski definition) is 4. The number of benzene rings is 3. The summed E-state index contributed by atoms with van der Waals surface area (Å²) >= 11 is 5.99. The summed E-state index contributed by atoms with van der Waals surface area (Å²) in [6.07, 6.45) is 1.63. The first-order chi connectivity index (χ1) is 14.9. The summed E-state index contributed by atoms with van der Waals surface area (Å²) in [7, 11) is -2.24. The Hall–Kier alpha value is -3.03. The van der Waals surface area contributed by atoms with E-state index in [1.165, 1.54) is 29.6 Å². The number of para-hydroxylation sites is 1. The molecule has 1 N–H and O–H groups in total. The number of sulfonamides is 1. The Balaban J connectivity index is 1.56. The van der Waals surface area contributed by atoms with Crippen LogP contribution in [0, 0.1) is 0 Å². The lowest BCUT2D eigenvalue weighted by molar-refractivity contribution is 0.102. The number of ether oxygens (including phenoxy) is 1. The molecule has 0 unspecified atom stereocenters. The van der Waals surface area contributed by atoms with E-state index in [9.17, 15) is 13.2 Å². The molecule has 3 aromatic rings. The van der Waals surface area contributed by atoms with E-state index in [0.717, 1.165) is 24.1 Å². The number of aryl methyl sites for hydroxylation is 1. The third-order valence-corrected chi connectivity index (χ3v) is 7.24. The number of nitrogens with zero attached hydrogens (tertiary/aromatic N) is 1. The van der Waals surface area contributed by atoms with Gasteiger partial charge in [0.1, 0.15) is 5.75 Å². The zero-order chi connectivity index (χ0) is 22.0. The van der Waals surface area contributed by atoms with Crippen molar-refractivity contribution in [1.82, 2.24) is 0 Å². The molecule has 8 heteroatoms. The molecule has 1 aliphatic heterocycles. The van der Waals surface area contributed by atoms with Gasteiger partial charge in [0.15, 0.2) is 0 Å². The highest BCUT2D eigenvalue weighted by atomic mass is 35.5. The first-order valence-electron chi connectivity index (χ1n) is 9.76. The van der Waals surface area contributed by atoms with Gasteiger partial charge in [-0.1, -0.05) is 29.8 Å². The number of amides is 1. The Bertz CT molecular complexity index is 1230. The smallest absolute Gasteiger partial charge is 0.264 e. The molecule has 0 aliphatic carbocycles. The van der Waals surface area contributed by atoms with Gasteiger partial charge < -0.3 is 10.1 Å². The number of fused-ring (bicyclic) bond motifs is 1. The number of hydrogen-bond donors (Lipinski definition) is 1. The molecule has 3 aromatic carbocycles. The second kappa shape index (κ2) is 8.61. The number of methoxy groups -OCH3 is 1. The van der Waals surface area contributed by atoms with Crippen molar-refractivity contribution < 1.29 is 17.9 Å². The van der Waals surface area contributed by atoms with Crippen molar-refractivity contribution in [3.63, 3.8) is 0 Å². The van der Waals surface area contributed by atoms with Crippen LogP contribution in [0.5, 0.6) is 5.75 Å². The lowest BCUT2D eigenvalue weighted by Gasteiger charge is -2.30. The van der Waals surface area contributed by atoms with Gasteiger partial charge in [0.05, 0.1) is 23.3 Å². The summed E-state index contributed by atoms with van der Waals surface area (Å²) in [5.74, 6) is -0.00947. The van der Waals surface area contributed by atoms with Crippen LogP contribution in [0.15, 0.2) is 71.6 Å². The Morgan fingerprint density at radius 1 is 1.06 bits per heavy atom. The first kappa shape index (κ1) is 21.2. The van der Waals surface area contributed by atoms with Crippen molar-refractivity contribution >= 4 is 38.9 Å². The van der Waals surface area contributed by atoms with Crippen molar-refractivity contribution in [3.05, 3.63) is 82.9 Å². The highest BCUT2D eigenvalue weighted by Crippen LogP contribution is 2.32. The second-order valence-corrected chi connectivity index (χ2v) is 9.43. The van der Waals surface area contributed by atoms with Crippen LogP contribution in [0.1, 0.15) is 22.3 Å². The number of anilines is 2. The fraction of sp³-hybridized carbons (Fsp3) is 0.174. The molecular formula is C23H21ClN2O4S. The minimum atomic E-state index is -3.71. The van der Waals surface area contributed by atoms with E-state index in [1.807, 2.05) is 24.3 Å². The highest BCUT2D eigenvalue weighted by Gasteiger charge is 2.28. The molecule has 160 valence electrons. The zero-order valence-electron chi connectivity index (χ0n) is 16.8. The molecule has 0 spiro atoms. The van der Waals surface area contributed by atoms with Gasteiger partial charge in [-0.25, -0.2) is 8.42 Å². The van der Waals surface area contributed by atoms with Crippen molar-refractivity contribution in [2.75, 3.05) is 23.3 Å². The molecule has 0 saturated carbocycles. The molecule has 6 nitrogen and oxygen atoms in total. The van der Waals surface area contributed by atoms with Crippen LogP contribution < -0.4 is 14.4 Å². The SMILES string of the molecule is COc1ccc(Cl)cc1C(=O)Nc1ccc(S(=O)(=O)N2CCCc3ccccc32)cc1. The van der Waals surface area contributed by atoms with Crippen LogP contribution in [0.3, 0.4) is 0 Å². The molecule has 0 fully saturated rings. The number of rotatable bonds is 5. The van der Waals surface area contributed by atoms with Crippen LogP contribution in [0.2, 0.25) is 5.02 Å². The lowest BCUT2D eigenvalue weighted by atomic mass is 10.0. The van der Waals surface area contributed by atoms with Gasteiger partial charge in [0.25, 0.3) is 15.9 Å². The maximum absolute atomic E-state index is 13.2. The van der Waals surface area contributed by atoms with E-state index in [1.54, 1.807) is 24.3 Å². The minimum absolute atomic E-state index is 0.169.